The Morgan fingerprint density at radius 3 is 2.68 bits per heavy atom. The van der Waals surface area contributed by atoms with Crippen molar-refractivity contribution in [3.05, 3.63) is 17.9 Å². The highest BCUT2D eigenvalue weighted by Gasteiger charge is 2.27. The summed E-state index contributed by atoms with van der Waals surface area (Å²) in [5, 5.41) is 0. The summed E-state index contributed by atoms with van der Waals surface area (Å²) in [4.78, 5) is 2.12. The number of likely N-dealkylation sites (N-methyl/N-ethyl adjacent to an activating group) is 1. The van der Waals surface area contributed by atoms with Crippen LogP contribution in [0.2, 0.25) is 0 Å². The molecule has 1 aliphatic heterocycles. The maximum Gasteiger partial charge on any atom is 0.197 e. The van der Waals surface area contributed by atoms with Gasteiger partial charge in [0.25, 0.3) is 0 Å². The lowest BCUT2D eigenvalue weighted by Gasteiger charge is -2.31. The van der Waals surface area contributed by atoms with E-state index < -0.39 is 15.7 Å². The van der Waals surface area contributed by atoms with Gasteiger partial charge < -0.3 is 9.47 Å². The van der Waals surface area contributed by atoms with E-state index in [-0.39, 0.29) is 29.1 Å². The monoisotopic (exact) mass is 331 g/mol. The van der Waals surface area contributed by atoms with E-state index in [9.17, 15) is 12.8 Å². The first-order chi connectivity index (χ1) is 10.3. The minimum Gasteiger partial charge on any atom is -0.483 e. The van der Waals surface area contributed by atoms with Crippen LogP contribution in [0.25, 0.3) is 0 Å². The van der Waals surface area contributed by atoms with E-state index in [2.05, 4.69) is 18.7 Å². The van der Waals surface area contributed by atoms with Crippen molar-refractivity contribution in [1.82, 2.24) is 4.90 Å². The van der Waals surface area contributed by atoms with Gasteiger partial charge in [0.15, 0.2) is 27.2 Å². The second-order valence-corrected chi connectivity index (χ2v) is 7.46. The lowest BCUT2D eigenvalue weighted by Crippen LogP contribution is -2.41. The number of fused-ring (bicyclic) bond motifs is 1. The van der Waals surface area contributed by atoms with Gasteiger partial charge >= 0.3 is 0 Å². The van der Waals surface area contributed by atoms with Gasteiger partial charge in [-0.05, 0) is 25.6 Å². The van der Waals surface area contributed by atoms with E-state index in [1.54, 1.807) is 0 Å². The molecule has 0 saturated heterocycles. The Morgan fingerprint density at radius 2 is 2.09 bits per heavy atom. The third kappa shape index (κ3) is 3.89. The number of rotatable bonds is 6. The molecule has 0 bridgehead atoms. The summed E-state index contributed by atoms with van der Waals surface area (Å²) in [5.41, 5.74) is 0. The van der Waals surface area contributed by atoms with Crippen LogP contribution < -0.4 is 9.47 Å². The highest BCUT2D eigenvalue weighted by atomic mass is 32.2. The van der Waals surface area contributed by atoms with Crippen molar-refractivity contribution in [2.75, 3.05) is 32.5 Å². The Balaban J connectivity index is 2.20. The van der Waals surface area contributed by atoms with Crippen LogP contribution in [0, 0.1) is 5.82 Å². The van der Waals surface area contributed by atoms with Gasteiger partial charge in [0.1, 0.15) is 12.7 Å². The molecule has 0 N–H and O–H groups in total. The van der Waals surface area contributed by atoms with E-state index >= 15 is 0 Å². The summed E-state index contributed by atoms with van der Waals surface area (Å²) >= 11 is 0. The van der Waals surface area contributed by atoms with Crippen molar-refractivity contribution in [3.63, 3.8) is 0 Å². The van der Waals surface area contributed by atoms with Crippen LogP contribution >= 0.6 is 0 Å². The van der Waals surface area contributed by atoms with Crippen molar-refractivity contribution in [2.24, 2.45) is 0 Å². The molecule has 5 nitrogen and oxygen atoms in total. The number of benzene rings is 1. The Labute approximate surface area is 130 Å². The zero-order valence-electron chi connectivity index (χ0n) is 13.1. The molecular weight excluding hydrogens is 309 g/mol. The number of ether oxygens (including phenoxy) is 2. The lowest BCUT2D eigenvalue weighted by atomic mass is 10.2. The minimum absolute atomic E-state index is 0.0119. The summed E-state index contributed by atoms with van der Waals surface area (Å²) in [6.45, 7) is 6.91. The Hall–Kier alpha value is -1.34. The van der Waals surface area contributed by atoms with Gasteiger partial charge in [-0.3, -0.25) is 4.90 Å². The van der Waals surface area contributed by atoms with Gasteiger partial charge in [0.2, 0.25) is 0 Å². The molecule has 1 aromatic carbocycles. The largest absolute Gasteiger partial charge is 0.483 e. The van der Waals surface area contributed by atoms with E-state index in [0.29, 0.717) is 6.54 Å². The maximum atomic E-state index is 14.0. The van der Waals surface area contributed by atoms with Crippen molar-refractivity contribution in [1.29, 1.82) is 0 Å². The van der Waals surface area contributed by atoms with Crippen LogP contribution in [-0.4, -0.2) is 51.9 Å². The summed E-state index contributed by atoms with van der Waals surface area (Å²) < 4.78 is 48.3. The first kappa shape index (κ1) is 17.0. The van der Waals surface area contributed by atoms with Gasteiger partial charge in [-0.1, -0.05) is 13.8 Å². The lowest BCUT2D eigenvalue weighted by molar-refractivity contribution is 0.0567. The summed E-state index contributed by atoms with van der Waals surface area (Å²) in [6.07, 6.45) is 1.83. The third-order valence-corrected chi connectivity index (χ3v) is 4.66. The molecule has 1 atom stereocenters. The standard InChI is InChI=1S/C15H22FNO4S/c1-4-6-17(5-2)9-11-10-20-15-13(16)7-12(22(3,18)19)8-14(15)21-11/h7-8,11H,4-6,9-10H2,1-3H3. The Bertz CT molecular complexity index is 633. The molecular formula is C15H22FNO4S. The molecule has 0 saturated carbocycles. The van der Waals surface area contributed by atoms with Crippen molar-refractivity contribution in [2.45, 2.75) is 31.3 Å². The fraction of sp³-hybridized carbons (Fsp3) is 0.600. The number of sulfone groups is 1. The molecule has 0 spiro atoms. The fourth-order valence-electron chi connectivity index (χ4n) is 2.45. The third-order valence-electron chi connectivity index (χ3n) is 3.57. The maximum absolute atomic E-state index is 14.0. The number of halogens is 1. The number of hydrogen-bond donors (Lipinski definition) is 0. The van der Waals surface area contributed by atoms with Crippen LogP contribution in [0.3, 0.4) is 0 Å². The first-order valence-electron chi connectivity index (χ1n) is 7.40. The van der Waals surface area contributed by atoms with E-state index in [1.165, 1.54) is 6.07 Å². The first-order valence-corrected chi connectivity index (χ1v) is 9.29. The molecule has 0 radical (unpaired) electrons. The van der Waals surface area contributed by atoms with E-state index in [0.717, 1.165) is 31.8 Å². The van der Waals surface area contributed by atoms with Gasteiger partial charge in [-0.2, -0.15) is 0 Å². The van der Waals surface area contributed by atoms with Crippen molar-refractivity contribution < 1.29 is 22.3 Å². The molecule has 1 aliphatic rings. The molecule has 0 aliphatic carbocycles. The normalized spacial score (nSPS) is 17.8. The molecule has 1 heterocycles. The van der Waals surface area contributed by atoms with Gasteiger partial charge in [-0.25, -0.2) is 12.8 Å². The smallest absolute Gasteiger partial charge is 0.197 e. The fourth-order valence-corrected chi connectivity index (χ4v) is 3.09. The van der Waals surface area contributed by atoms with Gasteiger partial charge in [-0.15, -0.1) is 0 Å². The molecule has 1 aromatic rings. The molecule has 124 valence electrons. The molecule has 1 unspecified atom stereocenters. The molecule has 0 fully saturated rings. The quantitative estimate of drug-likeness (QED) is 0.799. The van der Waals surface area contributed by atoms with Crippen molar-refractivity contribution in [3.8, 4) is 11.5 Å². The average molecular weight is 331 g/mol. The van der Waals surface area contributed by atoms with Gasteiger partial charge in [0, 0.05) is 18.9 Å². The predicted octanol–water partition coefficient (Wildman–Crippen LogP) is 2.10. The van der Waals surface area contributed by atoms with Crippen LogP contribution in [-0.2, 0) is 9.84 Å². The van der Waals surface area contributed by atoms with Gasteiger partial charge in [0.05, 0.1) is 4.90 Å². The SMILES string of the molecule is CCCN(CC)CC1COc2c(F)cc(S(C)(=O)=O)cc2O1. The van der Waals surface area contributed by atoms with Crippen LogP contribution in [0.5, 0.6) is 11.5 Å². The zero-order chi connectivity index (χ0) is 16.3. The average Bonchev–Trinajstić information content (AvgIpc) is 2.45. The second kappa shape index (κ2) is 6.83. The zero-order valence-corrected chi connectivity index (χ0v) is 14.0. The highest BCUT2D eigenvalue weighted by molar-refractivity contribution is 7.90. The summed E-state index contributed by atoms with van der Waals surface area (Å²) in [7, 11) is -3.50. The Kier molecular flexibility index (Phi) is 5.28. The predicted molar refractivity (Wildman–Crippen MR) is 81.8 cm³/mol. The van der Waals surface area contributed by atoms with Crippen molar-refractivity contribution >= 4 is 9.84 Å². The van der Waals surface area contributed by atoms with Crippen LogP contribution in [0.1, 0.15) is 20.3 Å². The number of hydrogen-bond acceptors (Lipinski definition) is 5. The minimum atomic E-state index is -3.50. The molecule has 0 amide bonds. The molecule has 7 heteroatoms. The summed E-state index contributed by atoms with van der Waals surface area (Å²) in [6, 6.07) is 2.29. The molecule has 2 rings (SSSR count). The Morgan fingerprint density at radius 1 is 1.36 bits per heavy atom. The highest BCUT2D eigenvalue weighted by Crippen LogP contribution is 2.36. The molecule has 22 heavy (non-hydrogen) atoms. The summed E-state index contributed by atoms with van der Waals surface area (Å²) in [5.74, 6) is -0.566. The van der Waals surface area contributed by atoms with Crippen LogP contribution in [0.15, 0.2) is 17.0 Å². The van der Waals surface area contributed by atoms with Crippen LogP contribution in [0.4, 0.5) is 4.39 Å². The second-order valence-electron chi connectivity index (χ2n) is 5.45. The molecule has 0 aromatic heterocycles. The number of nitrogens with zero attached hydrogens (tertiary/aromatic N) is 1. The topological polar surface area (TPSA) is 55.8 Å². The van der Waals surface area contributed by atoms with E-state index in [4.69, 9.17) is 9.47 Å². The van der Waals surface area contributed by atoms with E-state index in [1.807, 2.05) is 0 Å².